The molecule has 3 nitrogen and oxygen atoms in total. The van der Waals surface area contributed by atoms with Crippen LogP contribution in [0.2, 0.25) is 0 Å². The summed E-state index contributed by atoms with van der Waals surface area (Å²) in [5, 5.41) is 0. The van der Waals surface area contributed by atoms with Crippen molar-refractivity contribution in [2.45, 2.75) is 20.3 Å². The normalized spacial score (nSPS) is 11.1. The minimum absolute atomic E-state index is 0.339. The van der Waals surface area contributed by atoms with E-state index in [4.69, 9.17) is 4.74 Å². The zero-order valence-electron chi connectivity index (χ0n) is 10.5. The Hall–Kier alpha value is -1.77. The Morgan fingerprint density at radius 3 is 2.47 bits per heavy atom. The van der Waals surface area contributed by atoms with E-state index in [9.17, 15) is 4.79 Å². The number of esters is 1. The van der Waals surface area contributed by atoms with Crippen molar-refractivity contribution in [3.8, 4) is 5.75 Å². The molecule has 92 valence electrons. The first kappa shape index (κ1) is 13.3. The van der Waals surface area contributed by atoms with Crippen LogP contribution in [-0.4, -0.2) is 19.7 Å². The van der Waals surface area contributed by atoms with Crippen LogP contribution in [0.15, 0.2) is 30.3 Å². The Bertz CT molecular complexity index is 390. The van der Waals surface area contributed by atoms with Crippen molar-refractivity contribution >= 4 is 11.5 Å². The highest BCUT2D eigenvalue weighted by molar-refractivity contribution is 5.90. The highest BCUT2D eigenvalue weighted by Gasteiger charge is 2.00. The quantitative estimate of drug-likeness (QED) is 0.580. The van der Waals surface area contributed by atoms with E-state index in [-0.39, 0.29) is 5.97 Å². The molecular formula is C14H18O3. The third-order valence-corrected chi connectivity index (χ3v) is 2.32. The Morgan fingerprint density at radius 1 is 1.29 bits per heavy atom. The standard InChI is InChI=1S/C14H18O3/c1-4-9-17-13-7-5-12(6-8-13)11(2)10-14(15)16-3/h5-8,10H,4,9H2,1-3H3. The molecule has 0 aromatic heterocycles. The van der Waals surface area contributed by atoms with Gasteiger partial charge in [0.2, 0.25) is 0 Å². The van der Waals surface area contributed by atoms with Crippen molar-refractivity contribution in [2.75, 3.05) is 13.7 Å². The van der Waals surface area contributed by atoms with Crippen LogP contribution < -0.4 is 4.74 Å². The SMILES string of the molecule is CCCOc1ccc(C(C)=CC(=O)OC)cc1. The van der Waals surface area contributed by atoms with Gasteiger partial charge in [-0.15, -0.1) is 0 Å². The predicted molar refractivity (Wildman–Crippen MR) is 67.9 cm³/mol. The molecule has 0 radical (unpaired) electrons. The topological polar surface area (TPSA) is 35.5 Å². The van der Waals surface area contributed by atoms with Crippen LogP contribution in [0.4, 0.5) is 0 Å². The first-order valence-electron chi connectivity index (χ1n) is 5.67. The van der Waals surface area contributed by atoms with Crippen LogP contribution in [-0.2, 0) is 9.53 Å². The Labute approximate surface area is 102 Å². The average molecular weight is 234 g/mol. The zero-order chi connectivity index (χ0) is 12.7. The van der Waals surface area contributed by atoms with Crippen LogP contribution in [0, 0.1) is 0 Å². The first-order chi connectivity index (χ1) is 8.17. The molecule has 0 bridgehead atoms. The number of rotatable bonds is 5. The minimum Gasteiger partial charge on any atom is -0.494 e. The fourth-order valence-corrected chi connectivity index (χ4v) is 1.35. The maximum absolute atomic E-state index is 11.1. The molecule has 3 heteroatoms. The van der Waals surface area contributed by atoms with Crippen molar-refractivity contribution in [1.29, 1.82) is 0 Å². The second kappa shape index (κ2) is 6.74. The number of carbonyl (C=O) groups excluding carboxylic acids is 1. The van der Waals surface area contributed by atoms with Crippen molar-refractivity contribution in [1.82, 2.24) is 0 Å². The lowest BCUT2D eigenvalue weighted by Crippen LogP contribution is -1.96. The van der Waals surface area contributed by atoms with E-state index < -0.39 is 0 Å². The van der Waals surface area contributed by atoms with Gasteiger partial charge in [-0.1, -0.05) is 19.1 Å². The van der Waals surface area contributed by atoms with Gasteiger partial charge in [0, 0.05) is 6.08 Å². The summed E-state index contributed by atoms with van der Waals surface area (Å²) in [6.07, 6.45) is 2.46. The lowest BCUT2D eigenvalue weighted by molar-refractivity contribution is -0.134. The van der Waals surface area contributed by atoms with Crippen molar-refractivity contribution in [2.24, 2.45) is 0 Å². The average Bonchev–Trinajstić information content (AvgIpc) is 2.36. The maximum Gasteiger partial charge on any atom is 0.330 e. The molecule has 1 rings (SSSR count). The van der Waals surface area contributed by atoms with E-state index in [2.05, 4.69) is 11.7 Å². The monoisotopic (exact) mass is 234 g/mol. The van der Waals surface area contributed by atoms with Crippen molar-refractivity contribution in [3.63, 3.8) is 0 Å². The fraction of sp³-hybridized carbons (Fsp3) is 0.357. The summed E-state index contributed by atoms with van der Waals surface area (Å²) in [5.74, 6) is 0.510. The number of benzene rings is 1. The number of hydrogen-bond donors (Lipinski definition) is 0. The van der Waals surface area contributed by atoms with Crippen LogP contribution in [0.1, 0.15) is 25.8 Å². The zero-order valence-corrected chi connectivity index (χ0v) is 10.5. The van der Waals surface area contributed by atoms with Gasteiger partial charge in [0.05, 0.1) is 13.7 Å². The molecule has 0 unspecified atom stereocenters. The molecule has 0 heterocycles. The molecule has 0 aliphatic carbocycles. The third kappa shape index (κ3) is 4.31. The summed E-state index contributed by atoms with van der Waals surface area (Å²) in [6, 6.07) is 7.67. The summed E-state index contributed by atoms with van der Waals surface area (Å²) in [5.41, 5.74) is 1.86. The van der Waals surface area contributed by atoms with Gasteiger partial charge in [-0.25, -0.2) is 4.79 Å². The third-order valence-electron chi connectivity index (χ3n) is 2.32. The smallest absolute Gasteiger partial charge is 0.330 e. The van der Waals surface area contributed by atoms with Gasteiger partial charge >= 0.3 is 5.97 Å². The van der Waals surface area contributed by atoms with Crippen LogP contribution in [0.3, 0.4) is 0 Å². The van der Waals surface area contributed by atoms with Crippen molar-refractivity contribution < 1.29 is 14.3 Å². The van der Waals surface area contributed by atoms with Crippen LogP contribution in [0.25, 0.3) is 5.57 Å². The van der Waals surface area contributed by atoms with Gasteiger partial charge < -0.3 is 9.47 Å². The van der Waals surface area contributed by atoms with E-state index in [0.29, 0.717) is 0 Å². The lowest BCUT2D eigenvalue weighted by Gasteiger charge is -2.06. The molecule has 0 spiro atoms. The van der Waals surface area contributed by atoms with E-state index in [1.165, 1.54) is 13.2 Å². The Balaban J connectivity index is 2.73. The number of allylic oxidation sites excluding steroid dienone is 1. The molecule has 0 amide bonds. The molecular weight excluding hydrogens is 216 g/mol. The number of carbonyl (C=O) groups is 1. The van der Waals surface area contributed by atoms with Gasteiger partial charge in [-0.3, -0.25) is 0 Å². The van der Waals surface area contributed by atoms with E-state index in [1.54, 1.807) is 0 Å². The highest BCUT2D eigenvalue weighted by Crippen LogP contribution is 2.18. The van der Waals surface area contributed by atoms with E-state index in [0.717, 1.165) is 29.9 Å². The molecule has 17 heavy (non-hydrogen) atoms. The number of hydrogen-bond acceptors (Lipinski definition) is 3. The molecule has 1 aromatic rings. The van der Waals surface area contributed by atoms with Gasteiger partial charge in [-0.2, -0.15) is 0 Å². The van der Waals surface area contributed by atoms with Gasteiger partial charge in [0.1, 0.15) is 5.75 Å². The Morgan fingerprint density at radius 2 is 1.94 bits per heavy atom. The molecule has 0 atom stereocenters. The van der Waals surface area contributed by atoms with Crippen LogP contribution in [0.5, 0.6) is 5.75 Å². The summed E-state index contributed by atoms with van der Waals surface area (Å²) in [7, 11) is 1.37. The molecule has 0 N–H and O–H groups in total. The first-order valence-corrected chi connectivity index (χ1v) is 5.67. The van der Waals surface area contributed by atoms with Crippen molar-refractivity contribution in [3.05, 3.63) is 35.9 Å². The fourth-order valence-electron chi connectivity index (χ4n) is 1.35. The van der Waals surface area contributed by atoms with Gasteiger partial charge in [0.15, 0.2) is 0 Å². The lowest BCUT2D eigenvalue weighted by atomic mass is 10.1. The second-order valence-electron chi connectivity index (χ2n) is 3.72. The summed E-state index contributed by atoms with van der Waals surface area (Å²) in [4.78, 5) is 11.1. The summed E-state index contributed by atoms with van der Waals surface area (Å²) in [6.45, 7) is 4.66. The summed E-state index contributed by atoms with van der Waals surface area (Å²) >= 11 is 0. The van der Waals surface area contributed by atoms with Crippen LogP contribution >= 0.6 is 0 Å². The molecule has 0 fully saturated rings. The largest absolute Gasteiger partial charge is 0.494 e. The molecule has 1 aromatic carbocycles. The maximum atomic E-state index is 11.1. The number of ether oxygens (including phenoxy) is 2. The van der Waals surface area contributed by atoms with E-state index >= 15 is 0 Å². The molecule has 0 saturated heterocycles. The van der Waals surface area contributed by atoms with Gasteiger partial charge in [-0.05, 0) is 36.6 Å². The predicted octanol–water partition coefficient (Wildman–Crippen LogP) is 3.05. The summed E-state index contributed by atoms with van der Waals surface area (Å²) < 4.78 is 10.1. The second-order valence-corrected chi connectivity index (χ2v) is 3.72. The molecule has 0 aliphatic heterocycles. The Kier molecular flexibility index (Phi) is 5.27. The molecule has 0 aliphatic rings. The van der Waals surface area contributed by atoms with E-state index in [1.807, 2.05) is 31.2 Å². The number of methoxy groups -OCH3 is 1. The minimum atomic E-state index is -0.339. The van der Waals surface area contributed by atoms with Gasteiger partial charge in [0.25, 0.3) is 0 Å². The molecule has 0 saturated carbocycles. The highest BCUT2D eigenvalue weighted by atomic mass is 16.5.